The number of esters is 1. The molecule has 0 amide bonds. The maximum atomic E-state index is 11.7. The summed E-state index contributed by atoms with van der Waals surface area (Å²) in [5.74, 6) is 0.204. The zero-order valence-electron chi connectivity index (χ0n) is 20.0. The summed E-state index contributed by atoms with van der Waals surface area (Å²) in [5.41, 5.74) is 7.97. The third kappa shape index (κ3) is 4.28. The molecule has 7 heteroatoms. The zero-order chi connectivity index (χ0) is 23.8. The number of benzene rings is 2. The number of ether oxygens (including phenoxy) is 1. The van der Waals surface area contributed by atoms with Crippen LogP contribution in [-0.2, 0) is 24.2 Å². The minimum atomic E-state index is -0.425. The van der Waals surface area contributed by atoms with Crippen LogP contribution >= 0.6 is 0 Å². The molecule has 2 aliphatic rings. The van der Waals surface area contributed by atoms with Crippen LogP contribution in [-0.4, -0.2) is 52.6 Å². The van der Waals surface area contributed by atoms with Crippen molar-refractivity contribution < 1.29 is 9.53 Å². The first-order valence-corrected chi connectivity index (χ1v) is 12.3. The van der Waals surface area contributed by atoms with E-state index >= 15 is 0 Å². The van der Waals surface area contributed by atoms with E-state index in [1.807, 2.05) is 0 Å². The van der Waals surface area contributed by atoms with E-state index in [0.717, 1.165) is 26.1 Å². The Bertz CT molecular complexity index is 1370. The number of methoxy groups -OCH3 is 1. The first-order chi connectivity index (χ1) is 17.2. The first-order valence-electron chi connectivity index (χ1n) is 12.3. The molecule has 0 radical (unpaired) electrons. The summed E-state index contributed by atoms with van der Waals surface area (Å²) in [7, 11) is 1.36. The van der Waals surface area contributed by atoms with Gasteiger partial charge in [-0.05, 0) is 54.8 Å². The Morgan fingerprint density at radius 3 is 2.63 bits per heavy atom. The van der Waals surface area contributed by atoms with Crippen LogP contribution in [0.5, 0.6) is 0 Å². The van der Waals surface area contributed by atoms with Gasteiger partial charge in [-0.2, -0.15) is 0 Å². The predicted octanol–water partition coefficient (Wildman–Crippen LogP) is 4.57. The lowest BCUT2D eigenvalue weighted by atomic mass is 9.99. The van der Waals surface area contributed by atoms with Crippen molar-refractivity contribution in [3.8, 4) is 11.1 Å². The minimum Gasteiger partial charge on any atom is -0.465 e. The van der Waals surface area contributed by atoms with Gasteiger partial charge in [0.2, 0.25) is 5.95 Å². The van der Waals surface area contributed by atoms with E-state index in [4.69, 9.17) is 4.74 Å². The summed E-state index contributed by atoms with van der Waals surface area (Å²) in [5, 5.41) is 1.24. The van der Waals surface area contributed by atoms with Gasteiger partial charge in [-0.25, -0.2) is 14.8 Å². The molecule has 2 aliphatic heterocycles. The van der Waals surface area contributed by atoms with Gasteiger partial charge >= 0.3 is 5.97 Å². The van der Waals surface area contributed by atoms with Crippen molar-refractivity contribution in [2.24, 2.45) is 0 Å². The number of nitrogens with one attached hydrogen (secondary N) is 1. The van der Waals surface area contributed by atoms with Crippen LogP contribution in [0.3, 0.4) is 0 Å². The van der Waals surface area contributed by atoms with E-state index in [2.05, 4.69) is 67.2 Å². The monoisotopic (exact) mass is 467 g/mol. The van der Waals surface area contributed by atoms with Crippen LogP contribution in [0.2, 0.25) is 0 Å². The van der Waals surface area contributed by atoms with Crippen molar-refractivity contribution in [2.75, 3.05) is 31.6 Å². The molecule has 0 spiro atoms. The highest BCUT2D eigenvalue weighted by molar-refractivity contribution is 5.90. The fourth-order valence-electron chi connectivity index (χ4n) is 5.33. The number of aromatic amines is 1. The zero-order valence-corrected chi connectivity index (χ0v) is 20.0. The second-order valence-electron chi connectivity index (χ2n) is 9.46. The largest absolute Gasteiger partial charge is 0.465 e. The van der Waals surface area contributed by atoms with Crippen molar-refractivity contribution in [3.63, 3.8) is 0 Å². The third-order valence-corrected chi connectivity index (χ3v) is 7.18. The fraction of sp³-hybridized carbons (Fsp3) is 0.321. The van der Waals surface area contributed by atoms with Crippen molar-refractivity contribution in [1.82, 2.24) is 19.9 Å². The Morgan fingerprint density at radius 2 is 1.83 bits per heavy atom. The molecular weight excluding hydrogens is 438 g/mol. The average Bonchev–Trinajstić information content (AvgIpc) is 3.55. The van der Waals surface area contributed by atoms with Gasteiger partial charge in [-0.15, -0.1) is 0 Å². The number of nitrogens with zero attached hydrogens (tertiary/aromatic N) is 4. The molecule has 35 heavy (non-hydrogen) atoms. The Kier molecular flexibility index (Phi) is 5.70. The SMILES string of the molecule is COC(=O)c1cnc(N2CCc3[nH]c4cc(-c5cccc(CN6CCCC6)c5)ccc4c3C2)nc1. The van der Waals surface area contributed by atoms with Gasteiger partial charge in [0.15, 0.2) is 0 Å². The van der Waals surface area contributed by atoms with Crippen LogP contribution < -0.4 is 4.90 Å². The van der Waals surface area contributed by atoms with Crippen LogP contribution in [0, 0.1) is 0 Å². The standard InChI is InChI=1S/C28H29N5O2/c1-35-27(34)22-15-29-28(30-16-22)33-12-9-25-24(18-33)23-8-7-21(14-26(23)31-25)20-6-4-5-19(13-20)17-32-10-2-3-11-32/h4-8,13-16,31H,2-3,9-12,17-18H2,1H3. The number of H-pyrrole nitrogens is 1. The lowest BCUT2D eigenvalue weighted by Gasteiger charge is -2.27. The molecule has 0 bridgehead atoms. The topological polar surface area (TPSA) is 74.3 Å². The third-order valence-electron chi connectivity index (χ3n) is 7.18. The van der Waals surface area contributed by atoms with E-state index in [0.29, 0.717) is 11.5 Å². The predicted molar refractivity (Wildman–Crippen MR) is 136 cm³/mol. The number of carbonyl (C=O) groups excluding carboxylic acids is 1. The molecule has 1 saturated heterocycles. The Morgan fingerprint density at radius 1 is 1.03 bits per heavy atom. The smallest absolute Gasteiger partial charge is 0.341 e. The van der Waals surface area contributed by atoms with E-state index < -0.39 is 5.97 Å². The average molecular weight is 468 g/mol. The Labute approximate surface area is 204 Å². The van der Waals surface area contributed by atoms with Crippen molar-refractivity contribution >= 4 is 22.8 Å². The molecule has 178 valence electrons. The number of aromatic nitrogens is 3. The molecule has 2 aromatic heterocycles. The van der Waals surface area contributed by atoms with Crippen LogP contribution in [0.25, 0.3) is 22.0 Å². The summed E-state index contributed by atoms with van der Waals surface area (Å²) in [4.78, 5) is 28.9. The van der Waals surface area contributed by atoms with Gasteiger partial charge in [-0.3, -0.25) is 4.90 Å². The number of rotatable bonds is 5. The number of likely N-dealkylation sites (tertiary alicyclic amines) is 1. The van der Waals surface area contributed by atoms with E-state index in [-0.39, 0.29) is 0 Å². The van der Waals surface area contributed by atoms with Crippen LogP contribution in [0.4, 0.5) is 5.95 Å². The highest BCUT2D eigenvalue weighted by Crippen LogP contribution is 2.32. The molecule has 2 aromatic carbocycles. The molecule has 1 fully saturated rings. The second-order valence-corrected chi connectivity index (χ2v) is 9.46. The summed E-state index contributed by atoms with van der Waals surface area (Å²) >= 11 is 0. The minimum absolute atomic E-state index is 0.359. The molecule has 4 heterocycles. The molecule has 7 nitrogen and oxygen atoms in total. The number of hydrogen-bond donors (Lipinski definition) is 1. The molecule has 6 rings (SSSR count). The summed E-state index contributed by atoms with van der Waals surface area (Å²) in [6.07, 6.45) is 6.59. The fourth-order valence-corrected chi connectivity index (χ4v) is 5.33. The summed E-state index contributed by atoms with van der Waals surface area (Å²) in [6.45, 7) is 5.01. The van der Waals surface area contributed by atoms with Crippen molar-refractivity contribution in [3.05, 3.63) is 77.2 Å². The lowest BCUT2D eigenvalue weighted by Crippen LogP contribution is -2.31. The molecular formula is C28H29N5O2. The second kappa shape index (κ2) is 9.15. The van der Waals surface area contributed by atoms with Gasteiger partial charge in [0.25, 0.3) is 0 Å². The number of hydrogen-bond acceptors (Lipinski definition) is 6. The molecule has 0 atom stereocenters. The van der Waals surface area contributed by atoms with Gasteiger partial charge in [0, 0.05) is 60.6 Å². The van der Waals surface area contributed by atoms with Crippen LogP contribution in [0.1, 0.15) is 40.0 Å². The lowest BCUT2D eigenvalue weighted by molar-refractivity contribution is 0.0599. The molecule has 0 unspecified atom stereocenters. The van der Waals surface area contributed by atoms with E-state index in [1.165, 1.54) is 84.3 Å². The Balaban J connectivity index is 1.24. The highest BCUT2D eigenvalue weighted by Gasteiger charge is 2.23. The van der Waals surface area contributed by atoms with Crippen molar-refractivity contribution in [1.29, 1.82) is 0 Å². The normalized spacial score (nSPS) is 16.0. The number of fused-ring (bicyclic) bond motifs is 3. The Hall–Kier alpha value is -3.71. The summed E-state index contributed by atoms with van der Waals surface area (Å²) < 4.78 is 4.74. The van der Waals surface area contributed by atoms with Gasteiger partial charge < -0.3 is 14.6 Å². The van der Waals surface area contributed by atoms with Crippen LogP contribution in [0.15, 0.2) is 54.9 Å². The molecule has 0 aliphatic carbocycles. The number of carbonyl (C=O) groups is 1. The van der Waals surface area contributed by atoms with E-state index in [9.17, 15) is 4.79 Å². The maximum absolute atomic E-state index is 11.7. The maximum Gasteiger partial charge on any atom is 0.341 e. The van der Waals surface area contributed by atoms with Crippen molar-refractivity contribution in [2.45, 2.75) is 32.4 Å². The van der Waals surface area contributed by atoms with Gasteiger partial charge in [0.05, 0.1) is 12.7 Å². The quantitative estimate of drug-likeness (QED) is 0.434. The molecule has 1 N–H and O–H groups in total. The molecule has 4 aromatic rings. The molecule has 0 saturated carbocycles. The van der Waals surface area contributed by atoms with Gasteiger partial charge in [0.1, 0.15) is 0 Å². The summed E-state index contributed by atoms with van der Waals surface area (Å²) in [6, 6.07) is 15.7. The first kappa shape index (κ1) is 21.8. The van der Waals surface area contributed by atoms with E-state index in [1.54, 1.807) is 0 Å². The highest BCUT2D eigenvalue weighted by atomic mass is 16.5. The van der Waals surface area contributed by atoms with Gasteiger partial charge in [-0.1, -0.05) is 30.3 Å². The number of anilines is 1.